The van der Waals surface area contributed by atoms with E-state index in [-0.39, 0.29) is 11.1 Å². The van der Waals surface area contributed by atoms with Crippen LogP contribution in [0.3, 0.4) is 0 Å². The zero-order valence-corrected chi connectivity index (χ0v) is 18.3. The number of hydrogen-bond acceptors (Lipinski definition) is 8. The molecular formula is C18H19BrN2O8S. The third kappa shape index (κ3) is 3.58. The first-order valence-electron chi connectivity index (χ1n) is 8.70. The van der Waals surface area contributed by atoms with Gasteiger partial charge in [0.1, 0.15) is 17.0 Å². The molecule has 10 nitrogen and oxygen atoms in total. The van der Waals surface area contributed by atoms with E-state index in [1.807, 2.05) is 0 Å². The van der Waals surface area contributed by atoms with Crippen LogP contribution in [0.15, 0.2) is 46.1 Å². The summed E-state index contributed by atoms with van der Waals surface area (Å²) in [6, 6.07) is 7.59. The van der Waals surface area contributed by atoms with Gasteiger partial charge in [-0.05, 0) is 6.92 Å². The van der Waals surface area contributed by atoms with Gasteiger partial charge in [0.2, 0.25) is 4.93 Å². The second-order valence-electron chi connectivity index (χ2n) is 7.03. The predicted molar refractivity (Wildman–Crippen MR) is 109 cm³/mol. The number of H-pyrrole nitrogens is 1. The number of carbonyl (C=O) groups is 1. The van der Waals surface area contributed by atoms with Crippen LogP contribution in [0, 0.1) is 6.92 Å². The number of ketones is 1. The highest BCUT2D eigenvalue weighted by Crippen LogP contribution is 2.46. The molecular weight excluding hydrogens is 484 g/mol. The molecule has 0 amide bonds. The molecule has 2 aromatic rings. The van der Waals surface area contributed by atoms with Crippen LogP contribution in [-0.4, -0.2) is 62.2 Å². The molecule has 1 aliphatic heterocycles. The zero-order valence-electron chi connectivity index (χ0n) is 15.9. The maximum absolute atomic E-state index is 12.7. The Hall–Kier alpha value is -2.12. The molecule has 3 N–H and O–H groups in total. The fraction of sp³-hybridized carbons (Fsp3) is 0.389. The average molecular weight is 503 g/mol. The largest absolute Gasteiger partial charge is 0.382 e. The van der Waals surface area contributed by atoms with E-state index in [0.717, 1.165) is 17.0 Å². The SMILES string of the molecule is Cc1cn([C@@H]2O[C@H](C(O)C(=O)c3ccccc3)[C@](O)(S(C)(=O)=O)C2Br)c(=O)[nH]c1=O. The highest BCUT2D eigenvalue weighted by atomic mass is 79.9. The van der Waals surface area contributed by atoms with Crippen LogP contribution in [0.2, 0.25) is 0 Å². The van der Waals surface area contributed by atoms with Gasteiger partial charge >= 0.3 is 5.69 Å². The van der Waals surface area contributed by atoms with Crippen molar-refractivity contribution in [2.45, 2.75) is 35.1 Å². The fourth-order valence-electron chi connectivity index (χ4n) is 3.29. The summed E-state index contributed by atoms with van der Waals surface area (Å²) in [6.45, 7) is 1.42. The number of halogens is 1. The molecule has 1 aliphatic rings. The molecule has 2 heterocycles. The van der Waals surface area contributed by atoms with Gasteiger partial charge in [-0.15, -0.1) is 0 Å². The number of nitrogens with one attached hydrogen (secondary N) is 1. The summed E-state index contributed by atoms with van der Waals surface area (Å²) in [6.07, 6.45) is -3.57. The Balaban J connectivity index is 2.11. The first-order valence-corrected chi connectivity index (χ1v) is 11.5. The molecule has 2 unspecified atom stereocenters. The molecule has 5 atom stereocenters. The first kappa shape index (κ1) is 22.6. The number of ether oxygens (including phenoxy) is 1. The molecule has 0 saturated carbocycles. The quantitative estimate of drug-likeness (QED) is 0.364. The average Bonchev–Trinajstić information content (AvgIpc) is 2.96. The summed E-state index contributed by atoms with van der Waals surface area (Å²) < 4.78 is 31.4. The third-order valence-electron chi connectivity index (χ3n) is 4.97. The molecule has 30 heavy (non-hydrogen) atoms. The van der Waals surface area contributed by atoms with Gasteiger partial charge in [0.05, 0.1) is 0 Å². The topological polar surface area (TPSA) is 156 Å². The molecule has 0 bridgehead atoms. The van der Waals surface area contributed by atoms with E-state index in [0.29, 0.717) is 0 Å². The van der Waals surface area contributed by atoms with Crippen LogP contribution in [0.25, 0.3) is 0 Å². The summed E-state index contributed by atoms with van der Waals surface area (Å²) in [5.41, 5.74) is -1.35. The molecule has 1 aromatic heterocycles. The highest BCUT2D eigenvalue weighted by Gasteiger charge is 2.65. The lowest BCUT2D eigenvalue weighted by atomic mass is 9.98. The minimum absolute atomic E-state index is 0.0797. The van der Waals surface area contributed by atoms with E-state index in [2.05, 4.69) is 20.9 Å². The second-order valence-corrected chi connectivity index (χ2v) is 10.2. The van der Waals surface area contributed by atoms with E-state index >= 15 is 0 Å². The molecule has 1 aromatic carbocycles. The molecule has 3 rings (SSSR count). The van der Waals surface area contributed by atoms with Crippen molar-refractivity contribution in [1.29, 1.82) is 0 Å². The van der Waals surface area contributed by atoms with Gasteiger partial charge in [-0.1, -0.05) is 46.3 Å². The van der Waals surface area contributed by atoms with Crippen molar-refractivity contribution in [3.05, 3.63) is 68.5 Å². The van der Waals surface area contributed by atoms with Crippen molar-refractivity contribution in [1.82, 2.24) is 9.55 Å². The van der Waals surface area contributed by atoms with Crippen molar-refractivity contribution in [2.24, 2.45) is 0 Å². The number of alkyl halides is 1. The van der Waals surface area contributed by atoms with Crippen LogP contribution in [0.1, 0.15) is 22.1 Å². The van der Waals surface area contributed by atoms with Crippen LogP contribution < -0.4 is 11.2 Å². The van der Waals surface area contributed by atoms with Crippen molar-refractivity contribution in [2.75, 3.05) is 6.26 Å². The summed E-state index contributed by atoms with van der Waals surface area (Å²) in [7, 11) is -4.35. The third-order valence-corrected chi connectivity index (χ3v) is 8.09. The highest BCUT2D eigenvalue weighted by molar-refractivity contribution is 9.09. The Labute approximate surface area is 179 Å². The van der Waals surface area contributed by atoms with Gasteiger partial charge in [-0.3, -0.25) is 19.1 Å². The Morgan fingerprint density at radius 1 is 1.30 bits per heavy atom. The Morgan fingerprint density at radius 2 is 1.90 bits per heavy atom. The van der Waals surface area contributed by atoms with Gasteiger partial charge in [-0.2, -0.15) is 0 Å². The van der Waals surface area contributed by atoms with Crippen LogP contribution >= 0.6 is 15.9 Å². The fourth-order valence-corrected chi connectivity index (χ4v) is 6.08. The second kappa shape index (κ2) is 7.85. The van der Waals surface area contributed by atoms with Gasteiger partial charge in [0.15, 0.2) is 21.8 Å². The maximum Gasteiger partial charge on any atom is 0.330 e. The lowest BCUT2D eigenvalue weighted by molar-refractivity contribution is -0.0806. The Kier molecular flexibility index (Phi) is 5.91. The minimum Gasteiger partial charge on any atom is -0.382 e. The number of aliphatic hydroxyl groups is 2. The summed E-state index contributed by atoms with van der Waals surface area (Å²) in [5, 5.41) is 21.8. The number of nitrogens with zero attached hydrogens (tertiary/aromatic N) is 1. The summed E-state index contributed by atoms with van der Waals surface area (Å²) in [5.74, 6) is -0.868. The van der Waals surface area contributed by atoms with Crippen molar-refractivity contribution < 1.29 is 28.2 Å². The molecule has 0 aliphatic carbocycles. The molecule has 0 radical (unpaired) electrons. The molecule has 12 heteroatoms. The molecule has 162 valence electrons. The Bertz CT molecular complexity index is 1190. The lowest BCUT2D eigenvalue weighted by Crippen LogP contribution is -2.57. The number of carbonyl (C=O) groups excluding carboxylic acids is 1. The molecule has 0 spiro atoms. The van der Waals surface area contributed by atoms with E-state index in [9.17, 15) is 33.0 Å². The minimum atomic E-state index is -4.35. The predicted octanol–water partition coefficient (Wildman–Crippen LogP) is -0.517. The van der Waals surface area contributed by atoms with Gasteiger partial charge < -0.3 is 14.9 Å². The number of aliphatic hydroxyl groups excluding tert-OH is 1. The number of Topliss-reactive ketones (excluding diaryl/α,β-unsaturated/α-hetero) is 1. The standard InChI is InChI=1S/C18H19BrN2O8S/c1-9-8-21(17(25)20-15(9)24)16-13(19)18(26,30(2,27)28)14(29-16)12(23)11(22)10-6-4-3-5-7-10/h3-8,12-14,16,23,26H,1-2H3,(H,20,24,25)/t12?,13?,14-,16-,18-/m1/s1. The van der Waals surface area contributed by atoms with E-state index in [1.165, 1.54) is 19.1 Å². The van der Waals surface area contributed by atoms with Crippen molar-refractivity contribution >= 4 is 31.6 Å². The van der Waals surface area contributed by atoms with Crippen LogP contribution in [0.4, 0.5) is 0 Å². The van der Waals surface area contributed by atoms with Gasteiger partial charge in [0.25, 0.3) is 5.56 Å². The summed E-state index contributed by atoms with van der Waals surface area (Å²) >= 11 is 3.06. The smallest absolute Gasteiger partial charge is 0.330 e. The zero-order chi connectivity index (χ0) is 22.4. The van der Waals surface area contributed by atoms with Crippen LogP contribution in [-0.2, 0) is 14.6 Å². The van der Waals surface area contributed by atoms with E-state index < -0.39 is 55.1 Å². The van der Waals surface area contributed by atoms with E-state index in [4.69, 9.17) is 4.74 Å². The van der Waals surface area contributed by atoms with Crippen molar-refractivity contribution in [3.8, 4) is 0 Å². The Morgan fingerprint density at radius 3 is 2.47 bits per heavy atom. The number of aromatic amines is 1. The number of aryl methyl sites for hydroxylation is 1. The van der Waals surface area contributed by atoms with Gasteiger partial charge in [0, 0.05) is 23.6 Å². The number of hydrogen-bond donors (Lipinski definition) is 3. The lowest BCUT2D eigenvalue weighted by Gasteiger charge is -2.31. The maximum atomic E-state index is 12.7. The van der Waals surface area contributed by atoms with Crippen molar-refractivity contribution in [3.63, 3.8) is 0 Å². The van der Waals surface area contributed by atoms with Crippen LogP contribution in [0.5, 0.6) is 0 Å². The van der Waals surface area contributed by atoms with E-state index in [1.54, 1.807) is 18.2 Å². The number of sulfone groups is 1. The number of aromatic nitrogens is 2. The first-order chi connectivity index (χ1) is 13.9. The number of rotatable bonds is 5. The molecule has 1 saturated heterocycles. The number of benzene rings is 1. The monoisotopic (exact) mass is 502 g/mol. The summed E-state index contributed by atoms with van der Waals surface area (Å²) in [4.78, 5) is 34.4. The van der Waals surface area contributed by atoms with Gasteiger partial charge in [-0.25, -0.2) is 13.2 Å². The normalized spacial score (nSPS) is 27.7. The molecule has 1 fully saturated rings.